The topological polar surface area (TPSA) is 9.72 Å². The molecule has 1 aliphatic carbocycles. The zero-order valence-corrected chi connectivity index (χ0v) is 15.1. The first-order valence-corrected chi connectivity index (χ1v) is 9.51. The summed E-state index contributed by atoms with van der Waals surface area (Å²) in [5, 5.41) is 4.81. The summed E-state index contributed by atoms with van der Waals surface area (Å²) in [6.45, 7) is 3.20. The molecule has 0 aromatic carbocycles. The zero-order valence-electron chi connectivity index (χ0n) is 14.3. The first-order valence-electron chi connectivity index (χ1n) is 9.07. The summed E-state index contributed by atoms with van der Waals surface area (Å²) in [6.07, 6.45) is 4.54. The summed E-state index contributed by atoms with van der Waals surface area (Å²) in [4.78, 5) is 1.71. The molecule has 0 bridgehead atoms. The average Bonchev–Trinajstić information content (AvgIpc) is 3.12. The number of nitrogens with zero attached hydrogens (tertiary/aromatic N) is 3. The molecule has 3 aliphatic rings. The molecule has 1 saturated carbocycles. The summed E-state index contributed by atoms with van der Waals surface area (Å²) in [7, 11) is 3.92. The fourth-order valence-electron chi connectivity index (χ4n) is 4.85. The Kier molecular flexibility index (Phi) is 5.82. The molecule has 0 spiro atoms. The molecule has 0 aromatic heterocycles. The summed E-state index contributed by atoms with van der Waals surface area (Å²) in [5.74, 6) is 1.64. The van der Waals surface area contributed by atoms with Gasteiger partial charge in [-0.15, -0.1) is 11.6 Å². The minimum Gasteiger partial charge on any atom is -0.282 e. The van der Waals surface area contributed by atoms with Gasteiger partial charge in [-0.25, -0.2) is 18.8 Å². The van der Waals surface area contributed by atoms with Crippen LogP contribution in [0.3, 0.4) is 0 Å². The van der Waals surface area contributed by atoms with Crippen LogP contribution >= 0.6 is 11.6 Å². The Morgan fingerprint density at radius 1 is 1.04 bits per heavy atom. The highest BCUT2D eigenvalue weighted by Gasteiger charge is 2.44. The predicted octanol–water partition coefficient (Wildman–Crippen LogP) is 3.50. The highest BCUT2D eigenvalue weighted by atomic mass is 35.5. The van der Waals surface area contributed by atoms with Gasteiger partial charge in [-0.1, -0.05) is 12.8 Å². The van der Waals surface area contributed by atoms with Crippen LogP contribution < -0.4 is 0 Å². The normalized spacial score (nSPS) is 38.9. The number of hydrogen-bond donors (Lipinski definition) is 0. The Labute approximate surface area is 143 Å². The van der Waals surface area contributed by atoms with Crippen molar-refractivity contribution in [3.05, 3.63) is 0 Å². The lowest BCUT2D eigenvalue weighted by atomic mass is 9.83. The third-order valence-electron chi connectivity index (χ3n) is 6.33. The zero-order chi connectivity index (χ0) is 16.6. The summed E-state index contributed by atoms with van der Waals surface area (Å²) in [5.41, 5.74) is -0.271. The molecule has 3 rings (SSSR count). The van der Waals surface area contributed by atoms with Gasteiger partial charge in [-0.2, -0.15) is 0 Å². The van der Waals surface area contributed by atoms with Gasteiger partial charge in [0.2, 0.25) is 0 Å². The van der Waals surface area contributed by atoms with Crippen LogP contribution in [0.25, 0.3) is 0 Å². The van der Waals surface area contributed by atoms with Crippen molar-refractivity contribution in [3.63, 3.8) is 0 Å². The number of likely N-dealkylation sites (tertiary alicyclic amines) is 1. The van der Waals surface area contributed by atoms with Crippen molar-refractivity contribution in [2.75, 3.05) is 33.7 Å². The van der Waals surface area contributed by atoms with E-state index in [2.05, 4.69) is 17.1 Å². The van der Waals surface area contributed by atoms with E-state index in [1.165, 1.54) is 25.7 Å². The van der Waals surface area contributed by atoms with Crippen molar-refractivity contribution in [2.24, 2.45) is 17.8 Å². The van der Waals surface area contributed by atoms with Crippen LogP contribution in [0, 0.1) is 17.8 Å². The molecular formula is C17H30ClF2N3. The van der Waals surface area contributed by atoms with Gasteiger partial charge < -0.3 is 0 Å². The second-order valence-electron chi connectivity index (χ2n) is 7.80. The second-order valence-corrected chi connectivity index (χ2v) is 8.25. The lowest BCUT2D eigenvalue weighted by molar-refractivity contribution is -0.0164. The highest BCUT2D eigenvalue weighted by molar-refractivity contribution is 6.20. The van der Waals surface area contributed by atoms with Gasteiger partial charge in [0.05, 0.1) is 11.5 Å². The van der Waals surface area contributed by atoms with Crippen LogP contribution in [0.4, 0.5) is 8.78 Å². The van der Waals surface area contributed by atoms with Crippen LogP contribution in [0.5, 0.6) is 0 Å². The molecule has 2 aliphatic heterocycles. The second kappa shape index (κ2) is 7.51. The van der Waals surface area contributed by atoms with Gasteiger partial charge in [0.1, 0.15) is 0 Å². The number of rotatable bonds is 4. The van der Waals surface area contributed by atoms with E-state index in [1.807, 2.05) is 0 Å². The van der Waals surface area contributed by atoms with Crippen molar-refractivity contribution in [1.82, 2.24) is 14.9 Å². The lowest BCUT2D eigenvalue weighted by Crippen LogP contribution is -2.51. The summed E-state index contributed by atoms with van der Waals surface area (Å²) >= 11 is 6.57. The van der Waals surface area contributed by atoms with Crippen molar-refractivity contribution >= 4 is 11.6 Å². The first-order chi connectivity index (χ1) is 11.0. The maximum atomic E-state index is 13.1. The van der Waals surface area contributed by atoms with Gasteiger partial charge in [0.15, 0.2) is 0 Å². The Balaban J connectivity index is 1.57. The van der Waals surface area contributed by atoms with Gasteiger partial charge in [0, 0.05) is 26.7 Å². The smallest absolute Gasteiger partial charge is 0.253 e. The molecule has 4 unspecified atom stereocenters. The third kappa shape index (κ3) is 3.83. The van der Waals surface area contributed by atoms with Crippen molar-refractivity contribution < 1.29 is 8.78 Å². The van der Waals surface area contributed by atoms with Crippen LogP contribution in [-0.4, -0.2) is 66.6 Å². The Morgan fingerprint density at radius 3 is 2.39 bits per heavy atom. The molecule has 3 fully saturated rings. The molecule has 4 atom stereocenters. The third-order valence-corrected chi connectivity index (χ3v) is 6.96. The minimum atomic E-state index is -2.30. The SMILES string of the molecule is CN1C(Cl)C(C2CN(C)N(CC3CCCC3)C2)CCC1C(F)F. The number of hydrogen-bond acceptors (Lipinski definition) is 3. The standard InChI is InChI=1S/C17H30ClF2N3/c1-21-10-13(11-23(21)9-12-5-3-4-6-12)14-7-8-15(17(19)20)22(2)16(14)18/h12-17H,3-11H2,1-2H3. The Bertz CT molecular complexity index is 392. The van der Waals surface area contributed by atoms with E-state index in [4.69, 9.17) is 11.6 Å². The summed E-state index contributed by atoms with van der Waals surface area (Å²) < 4.78 is 26.2. The highest BCUT2D eigenvalue weighted by Crippen LogP contribution is 2.39. The van der Waals surface area contributed by atoms with Gasteiger partial charge >= 0.3 is 0 Å². The van der Waals surface area contributed by atoms with Gasteiger partial charge in [-0.3, -0.25) is 4.90 Å². The molecule has 134 valence electrons. The fraction of sp³-hybridized carbons (Fsp3) is 1.00. The van der Waals surface area contributed by atoms with Crippen molar-refractivity contribution in [3.8, 4) is 0 Å². The van der Waals surface area contributed by atoms with E-state index < -0.39 is 12.5 Å². The molecular weight excluding hydrogens is 320 g/mol. The van der Waals surface area contributed by atoms with Crippen LogP contribution in [0.2, 0.25) is 0 Å². The molecule has 3 nitrogen and oxygen atoms in total. The fourth-order valence-corrected chi connectivity index (χ4v) is 5.33. The molecule has 2 saturated heterocycles. The molecule has 23 heavy (non-hydrogen) atoms. The van der Waals surface area contributed by atoms with E-state index in [0.717, 1.165) is 32.0 Å². The lowest BCUT2D eigenvalue weighted by Gasteiger charge is -2.43. The number of alkyl halides is 3. The molecule has 0 N–H and O–H groups in total. The molecule has 0 radical (unpaired) electrons. The summed E-state index contributed by atoms with van der Waals surface area (Å²) in [6, 6.07) is -0.678. The number of halogens is 3. The van der Waals surface area contributed by atoms with Gasteiger partial charge in [-0.05, 0) is 50.5 Å². The average molecular weight is 350 g/mol. The van der Waals surface area contributed by atoms with E-state index in [-0.39, 0.29) is 5.50 Å². The van der Waals surface area contributed by atoms with Crippen LogP contribution in [0.1, 0.15) is 38.5 Å². The number of piperidine rings is 1. The molecule has 0 amide bonds. The maximum absolute atomic E-state index is 13.1. The predicted molar refractivity (Wildman–Crippen MR) is 89.6 cm³/mol. The minimum absolute atomic E-state index is 0.271. The quantitative estimate of drug-likeness (QED) is 0.568. The van der Waals surface area contributed by atoms with Gasteiger partial charge in [0.25, 0.3) is 6.43 Å². The van der Waals surface area contributed by atoms with E-state index in [1.54, 1.807) is 11.9 Å². The Hall–Kier alpha value is 0.0300. The molecule has 2 heterocycles. The monoisotopic (exact) mass is 349 g/mol. The first kappa shape index (κ1) is 17.8. The van der Waals surface area contributed by atoms with E-state index >= 15 is 0 Å². The molecule has 6 heteroatoms. The van der Waals surface area contributed by atoms with E-state index in [0.29, 0.717) is 18.3 Å². The van der Waals surface area contributed by atoms with Crippen LogP contribution in [-0.2, 0) is 0 Å². The van der Waals surface area contributed by atoms with Crippen LogP contribution in [0.15, 0.2) is 0 Å². The van der Waals surface area contributed by atoms with Crippen molar-refractivity contribution in [2.45, 2.75) is 56.5 Å². The molecule has 0 aromatic rings. The van der Waals surface area contributed by atoms with E-state index in [9.17, 15) is 8.78 Å². The Morgan fingerprint density at radius 2 is 1.74 bits per heavy atom. The number of hydrazine groups is 1. The van der Waals surface area contributed by atoms with Crippen molar-refractivity contribution in [1.29, 1.82) is 0 Å². The largest absolute Gasteiger partial charge is 0.282 e. The maximum Gasteiger partial charge on any atom is 0.253 e.